The van der Waals surface area contributed by atoms with E-state index in [4.69, 9.17) is 13.6 Å². The van der Waals surface area contributed by atoms with Crippen molar-refractivity contribution in [2.45, 2.75) is 50.6 Å². The fourth-order valence-electron chi connectivity index (χ4n) is 8.03. The molecule has 0 aliphatic heterocycles. The minimum Gasteiger partial charge on any atom is -0.364 e. The summed E-state index contributed by atoms with van der Waals surface area (Å²) in [4.78, 5) is 6.85. The predicted molar refractivity (Wildman–Crippen MR) is 234 cm³/mol. The summed E-state index contributed by atoms with van der Waals surface area (Å²) in [5.74, 6) is -0.0310. The molecule has 0 radical (unpaired) electrons. The van der Waals surface area contributed by atoms with Crippen molar-refractivity contribution in [2.75, 3.05) is 39.8 Å². The lowest BCUT2D eigenvalue weighted by Gasteiger charge is -2.37. The first-order chi connectivity index (χ1) is 27.3. The zero-order valence-corrected chi connectivity index (χ0v) is 36.5. The molecular formula is C46H55N2O6P3. The Balaban J connectivity index is 1.55. The van der Waals surface area contributed by atoms with Gasteiger partial charge in [-0.3, -0.25) is 13.7 Å². The average Bonchev–Trinajstić information content (AvgIpc) is 3.90. The maximum absolute atomic E-state index is 13.2. The van der Waals surface area contributed by atoms with Gasteiger partial charge in [0.1, 0.15) is 0 Å². The number of aromatic amines is 2. The highest BCUT2D eigenvalue weighted by molar-refractivity contribution is 7.57. The Morgan fingerprint density at radius 3 is 1.04 bits per heavy atom. The molecule has 3 atom stereocenters. The lowest BCUT2D eigenvalue weighted by molar-refractivity contribution is 0.335. The van der Waals surface area contributed by atoms with Crippen molar-refractivity contribution < 1.29 is 27.3 Å². The van der Waals surface area contributed by atoms with Crippen molar-refractivity contribution in [3.63, 3.8) is 0 Å². The Bertz CT molecular complexity index is 2110. The van der Waals surface area contributed by atoms with Crippen LogP contribution in [0.15, 0.2) is 134 Å². The van der Waals surface area contributed by atoms with Gasteiger partial charge in [0.25, 0.3) is 0 Å². The van der Waals surface area contributed by atoms with Crippen LogP contribution in [0.1, 0.15) is 82.6 Å². The molecule has 0 saturated heterocycles. The first-order valence-electron chi connectivity index (χ1n) is 19.6. The van der Waals surface area contributed by atoms with Crippen LogP contribution >= 0.6 is 22.1 Å². The summed E-state index contributed by atoms with van der Waals surface area (Å²) in [5, 5.41) is 0. The van der Waals surface area contributed by atoms with Crippen molar-refractivity contribution in [3.8, 4) is 0 Å². The third-order valence-electron chi connectivity index (χ3n) is 10.3. The molecule has 0 fully saturated rings. The fourth-order valence-corrected chi connectivity index (χ4v) is 12.6. The second-order valence-corrected chi connectivity index (χ2v) is 22.7. The van der Waals surface area contributed by atoms with Crippen LogP contribution in [0.25, 0.3) is 0 Å². The van der Waals surface area contributed by atoms with Crippen LogP contribution in [-0.2, 0) is 51.2 Å². The second kappa shape index (κ2) is 18.3. The fraction of sp³-hybridized carbons (Fsp3) is 0.304. The topological polar surface area (TPSA) is 110 Å². The van der Waals surface area contributed by atoms with Crippen molar-refractivity contribution in [1.82, 2.24) is 9.97 Å². The molecule has 0 spiro atoms. The van der Waals surface area contributed by atoms with Gasteiger partial charge in [-0.25, -0.2) is 0 Å². The summed E-state index contributed by atoms with van der Waals surface area (Å²) in [7, 11) is -8.49. The van der Waals surface area contributed by atoms with Crippen LogP contribution < -0.4 is 0 Å². The second-order valence-electron chi connectivity index (χ2n) is 14.9. The SMILES string of the molecule is CCOP(C)(=O)Cc1ccc(C(c2ccc(CP(C)(=O)OCC)cc2)(c2ccc(CP(C)(=O)OCC)cc2)c2ccc(C(c3ccc[nH]3)c3ccc[nH]3)cc2)cc1. The Morgan fingerprint density at radius 2 is 0.772 bits per heavy atom. The van der Waals surface area contributed by atoms with E-state index in [9.17, 15) is 13.7 Å². The molecule has 0 bridgehead atoms. The van der Waals surface area contributed by atoms with E-state index in [0.29, 0.717) is 38.3 Å². The van der Waals surface area contributed by atoms with Gasteiger partial charge in [-0.05, 0) is 89.5 Å². The highest BCUT2D eigenvalue weighted by Gasteiger charge is 2.39. The first-order valence-corrected chi connectivity index (χ1v) is 26.3. The first kappa shape index (κ1) is 42.6. The summed E-state index contributed by atoms with van der Waals surface area (Å²) in [6, 6.07) is 42.1. The zero-order valence-electron chi connectivity index (χ0n) is 33.8. The van der Waals surface area contributed by atoms with Crippen LogP contribution in [0.5, 0.6) is 0 Å². The third kappa shape index (κ3) is 10.2. The molecule has 0 saturated carbocycles. The van der Waals surface area contributed by atoms with Gasteiger partial charge in [0, 0.05) is 62.3 Å². The van der Waals surface area contributed by atoms with E-state index in [1.54, 1.807) is 20.0 Å². The summed E-state index contributed by atoms with van der Waals surface area (Å²) >= 11 is 0. The normalized spacial score (nSPS) is 16.1. The lowest BCUT2D eigenvalue weighted by atomic mass is 9.64. The largest absolute Gasteiger partial charge is 0.364 e. The van der Waals surface area contributed by atoms with Crippen molar-refractivity contribution >= 4 is 22.1 Å². The molecule has 2 heterocycles. The van der Waals surface area contributed by atoms with E-state index >= 15 is 0 Å². The van der Waals surface area contributed by atoms with Gasteiger partial charge in [-0.1, -0.05) is 97.1 Å². The number of H-pyrrole nitrogens is 2. The molecule has 8 nitrogen and oxygen atoms in total. The van der Waals surface area contributed by atoms with Crippen molar-refractivity contribution in [1.29, 1.82) is 0 Å². The maximum atomic E-state index is 13.2. The number of hydrogen-bond acceptors (Lipinski definition) is 6. The molecule has 3 unspecified atom stereocenters. The number of nitrogens with one attached hydrogen (secondary N) is 2. The van der Waals surface area contributed by atoms with Gasteiger partial charge in [-0.15, -0.1) is 0 Å². The molecule has 57 heavy (non-hydrogen) atoms. The van der Waals surface area contributed by atoms with Gasteiger partial charge in [0.15, 0.2) is 0 Å². The average molecular weight is 825 g/mol. The summed E-state index contributed by atoms with van der Waals surface area (Å²) in [6.45, 7) is 11.8. The van der Waals surface area contributed by atoms with Crippen LogP contribution in [0.4, 0.5) is 0 Å². The highest BCUT2D eigenvalue weighted by atomic mass is 31.2. The lowest BCUT2D eigenvalue weighted by Crippen LogP contribution is -2.31. The van der Waals surface area contributed by atoms with Crippen LogP contribution in [0.3, 0.4) is 0 Å². The Labute approximate surface area is 338 Å². The molecule has 0 amide bonds. The minimum absolute atomic E-state index is 0.0310. The van der Waals surface area contributed by atoms with Crippen LogP contribution in [-0.4, -0.2) is 49.8 Å². The van der Waals surface area contributed by atoms with Crippen LogP contribution in [0, 0.1) is 0 Å². The minimum atomic E-state index is -2.83. The van der Waals surface area contributed by atoms with Gasteiger partial charge >= 0.3 is 0 Å². The Morgan fingerprint density at radius 1 is 0.474 bits per heavy atom. The molecular weight excluding hydrogens is 769 g/mol. The zero-order chi connectivity index (χ0) is 40.7. The Hall–Kier alpha value is -3.99. The van der Waals surface area contributed by atoms with E-state index < -0.39 is 27.5 Å². The summed E-state index contributed by atoms with van der Waals surface area (Å²) < 4.78 is 56.7. The summed E-state index contributed by atoms with van der Waals surface area (Å²) in [6.07, 6.45) is 4.90. The molecule has 0 aliphatic carbocycles. The van der Waals surface area contributed by atoms with E-state index in [1.807, 2.05) is 81.7 Å². The predicted octanol–water partition coefficient (Wildman–Crippen LogP) is 12.2. The standard InChI is InChI=1S/C46H55N2O6P3/c1-7-52-55(4,49)32-35-14-22-39(23-15-35)46(40-24-16-36(17-25-40)33-56(5,50)53-8-2,41-26-18-37(19-27-41)34-57(6,51)54-9-3)42-28-20-38(21-29-42)45(43-12-10-30-47-43)44-13-11-31-48-44/h10-31,45,47-48H,7-9,32-34H2,1-6H3. The number of rotatable bonds is 19. The molecule has 6 aromatic rings. The van der Waals surface area contributed by atoms with Crippen LogP contribution in [0.2, 0.25) is 0 Å². The quantitative estimate of drug-likeness (QED) is 0.0622. The van der Waals surface area contributed by atoms with Crippen molar-refractivity contribution in [2.24, 2.45) is 0 Å². The van der Waals surface area contributed by atoms with E-state index in [0.717, 1.165) is 55.9 Å². The van der Waals surface area contributed by atoms with Gasteiger partial charge in [-0.2, -0.15) is 0 Å². The molecule has 6 rings (SSSR count). The number of hydrogen-bond donors (Lipinski definition) is 2. The Kier molecular flexibility index (Phi) is 13.7. The van der Waals surface area contributed by atoms with Gasteiger partial charge in [0.2, 0.25) is 22.1 Å². The van der Waals surface area contributed by atoms with E-state index in [-0.39, 0.29) is 5.92 Å². The molecule has 2 N–H and O–H groups in total. The smallest absolute Gasteiger partial charge is 0.204 e. The summed E-state index contributed by atoms with van der Waals surface area (Å²) in [5.41, 5.74) is 9.32. The maximum Gasteiger partial charge on any atom is 0.204 e. The highest BCUT2D eigenvalue weighted by Crippen LogP contribution is 2.51. The molecule has 11 heteroatoms. The van der Waals surface area contributed by atoms with Gasteiger partial charge in [0.05, 0.1) is 31.2 Å². The van der Waals surface area contributed by atoms with Gasteiger partial charge < -0.3 is 23.5 Å². The molecule has 0 aliphatic rings. The number of benzene rings is 4. The molecule has 2 aromatic heterocycles. The van der Waals surface area contributed by atoms with E-state index in [1.165, 1.54) is 0 Å². The monoisotopic (exact) mass is 824 g/mol. The van der Waals surface area contributed by atoms with E-state index in [2.05, 4.69) is 82.8 Å². The molecule has 4 aromatic carbocycles. The molecule has 300 valence electrons. The van der Waals surface area contributed by atoms with Crippen molar-refractivity contribution in [3.05, 3.63) is 190 Å². The third-order valence-corrected chi connectivity index (χ3v) is 15.6. The number of aromatic nitrogens is 2.